The van der Waals surface area contributed by atoms with Crippen molar-refractivity contribution in [1.82, 2.24) is 0 Å². The lowest BCUT2D eigenvalue weighted by atomic mass is 9.87. The van der Waals surface area contributed by atoms with Crippen molar-refractivity contribution >= 4 is 0 Å². The molecule has 0 bridgehead atoms. The Bertz CT molecular complexity index is 709. The van der Waals surface area contributed by atoms with E-state index in [0.29, 0.717) is 5.56 Å². The van der Waals surface area contributed by atoms with Crippen LogP contribution in [0.5, 0.6) is 0 Å². The maximum atomic E-state index is 13.0. The van der Waals surface area contributed by atoms with E-state index >= 15 is 0 Å². The molecule has 122 valence electrons. The fraction of sp³-hybridized carbons (Fsp3) is 0.294. The largest absolute Gasteiger partial charge is 0.416 e. The first-order valence-corrected chi connectivity index (χ1v) is 7.04. The summed E-state index contributed by atoms with van der Waals surface area (Å²) >= 11 is 0. The number of ether oxygens (including phenoxy) is 1. The van der Waals surface area contributed by atoms with Gasteiger partial charge in [-0.25, -0.2) is 4.39 Å². The molecule has 3 unspecified atom stereocenters. The first-order valence-electron chi connectivity index (χ1n) is 7.04. The van der Waals surface area contributed by atoms with Crippen LogP contribution >= 0.6 is 0 Å². The molecule has 3 rings (SSSR count). The van der Waals surface area contributed by atoms with Crippen molar-refractivity contribution in [1.29, 1.82) is 0 Å². The molecule has 6 heteroatoms. The van der Waals surface area contributed by atoms with Crippen LogP contribution in [0.15, 0.2) is 48.5 Å². The summed E-state index contributed by atoms with van der Waals surface area (Å²) in [5.41, 5.74) is -1.20. The maximum absolute atomic E-state index is 13.0. The lowest BCUT2D eigenvalue weighted by molar-refractivity contribution is -0.137. The molecule has 0 radical (unpaired) electrons. The van der Waals surface area contributed by atoms with Crippen LogP contribution in [-0.4, -0.2) is 11.2 Å². The Labute approximate surface area is 130 Å². The van der Waals surface area contributed by atoms with Gasteiger partial charge < -0.3 is 9.84 Å². The molecule has 1 saturated heterocycles. The van der Waals surface area contributed by atoms with Gasteiger partial charge in [0.15, 0.2) is 0 Å². The van der Waals surface area contributed by atoms with Crippen molar-refractivity contribution in [2.45, 2.75) is 30.9 Å². The van der Waals surface area contributed by atoms with Gasteiger partial charge in [0.05, 0.1) is 11.7 Å². The van der Waals surface area contributed by atoms with Crippen LogP contribution in [-0.2, 0) is 16.5 Å². The summed E-state index contributed by atoms with van der Waals surface area (Å²) in [5, 5.41) is 10.1. The van der Waals surface area contributed by atoms with E-state index in [4.69, 9.17) is 4.74 Å². The highest BCUT2D eigenvalue weighted by atomic mass is 19.4. The number of halogens is 4. The molecular weight excluding hydrogens is 312 g/mol. The molecule has 1 fully saturated rings. The van der Waals surface area contributed by atoms with Crippen LogP contribution in [0.3, 0.4) is 0 Å². The average molecular weight is 326 g/mol. The predicted molar refractivity (Wildman–Crippen MR) is 75.0 cm³/mol. The third-order valence-corrected chi connectivity index (χ3v) is 4.08. The SMILES string of the molecule is CC(O)C1(c2cccc(C(F)(F)F)c2)OC1c1ccc(F)cc1. The Morgan fingerprint density at radius 2 is 1.78 bits per heavy atom. The first-order chi connectivity index (χ1) is 10.7. The van der Waals surface area contributed by atoms with Crippen LogP contribution in [0.4, 0.5) is 17.6 Å². The molecule has 2 nitrogen and oxygen atoms in total. The zero-order chi connectivity index (χ0) is 16.8. The van der Waals surface area contributed by atoms with Crippen LogP contribution in [0.1, 0.15) is 29.7 Å². The highest BCUT2D eigenvalue weighted by Crippen LogP contribution is 2.59. The zero-order valence-corrected chi connectivity index (χ0v) is 12.1. The monoisotopic (exact) mass is 326 g/mol. The van der Waals surface area contributed by atoms with Crippen LogP contribution in [0, 0.1) is 5.82 Å². The smallest absolute Gasteiger partial charge is 0.390 e. The molecule has 0 spiro atoms. The Balaban J connectivity index is 2.00. The van der Waals surface area contributed by atoms with Gasteiger partial charge in [0.1, 0.15) is 17.5 Å². The normalized spacial score (nSPS) is 25.2. The van der Waals surface area contributed by atoms with Crippen molar-refractivity contribution in [3.63, 3.8) is 0 Å². The minimum Gasteiger partial charge on any atom is -0.390 e. The summed E-state index contributed by atoms with van der Waals surface area (Å²) in [6, 6.07) is 10.2. The molecule has 2 aromatic carbocycles. The van der Waals surface area contributed by atoms with Crippen molar-refractivity contribution in [2.24, 2.45) is 0 Å². The van der Waals surface area contributed by atoms with Crippen molar-refractivity contribution in [3.8, 4) is 0 Å². The molecule has 23 heavy (non-hydrogen) atoms. The number of rotatable bonds is 3. The van der Waals surface area contributed by atoms with Crippen molar-refractivity contribution < 1.29 is 27.4 Å². The van der Waals surface area contributed by atoms with Gasteiger partial charge in [-0.1, -0.05) is 24.3 Å². The third-order valence-electron chi connectivity index (χ3n) is 4.08. The number of aliphatic hydroxyl groups is 1. The lowest BCUT2D eigenvalue weighted by Crippen LogP contribution is -2.26. The van der Waals surface area contributed by atoms with E-state index < -0.39 is 35.4 Å². The summed E-state index contributed by atoms with van der Waals surface area (Å²) in [5.74, 6) is -0.420. The predicted octanol–water partition coefficient (Wildman–Crippen LogP) is 4.19. The third kappa shape index (κ3) is 2.72. The van der Waals surface area contributed by atoms with Gasteiger partial charge in [-0.3, -0.25) is 0 Å². The molecule has 1 aliphatic rings. The quantitative estimate of drug-likeness (QED) is 0.677. The van der Waals surface area contributed by atoms with Gasteiger partial charge in [0, 0.05) is 0 Å². The Morgan fingerprint density at radius 3 is 2.35 bits per heavy atom. The molecule has 1 N–H and O–H groups in total. The van der Waals surface area contributed by atoms with Gasteiger partial charge in [0.25, 0.3) is 0 Å². The molecule has 0 amide bonds. The maximum Gasteiger partial charge on any atom is 0.416 e. The molecule has 0 aliphatic carbocycles. The minimum atomic E-state index is -4.48. The number of alkyl halides is 3. The minimum absolute atomic E-state index is 0.247. The Morgan fingerprint density at radius 1 is 1.13 bits per heavy atom. The highest BCUT2D eigenvalue weighted by Gasteiger charge is 2.62. The molecule has 0 saturated carbocycles. The molecule has 3 atom stereocenters. The number of hydrogen-bond acceptors (Lipinski definition) is 2. The number of hydrogen-bond donors (Lipinski definition) is 1. The van der Waals surface area contributed by atoms with E-state index in [9.17, 15) is 22.7 Å². The molecule has 2 aromatic rings. The summed E-state index contributed by atoms with van der Waals surface area (Å²) < 4.78 is 57.3. The fourth-order valence-corrected chi connectivity index (χ4v) is 2.83. The number of aliphatic hydroxyl groups excluding tert-OH is 1. The number of benzene rings is 2. The first kappa shape index (κ1) is 16.0. The van der Waals surface area contributed by atoms with E-state index in [1.807, 2.05) is 0 Å². The van der Waals surface area contributed by atoms with Gasteiger partial charge in [-0.2, -0.15) is 13.2 Å². The van der Waals surface area contributed by atoms with E-state index in [1.54, 1.807) is 0 Å². The summed E-state index contributed by atoms with van der Waals surface area (Å²) in [6.07, 6.45) is -6.12. The summed E-state index contributed by atoms with van der Waals surface area (Å²) in [4.78, 5) is 0. The lowest BCUT2D eigenvalue weighted by Gasteiger charge is -2.18. The Kier molecular flexibility index (Phi) is 3.69. The van der Waals surface area contributed by atoms with E-state index in [1.165, 1.54) is 43.3 Å². The van der Waals surface area contributed by atoms with Crippen LogP contribution in [0.2, 0.25) is 0 Å². The van der Waals surface area contributed by atoms with Crippen LogP contribution in [0.25, 0.3) is 0 Å². The topological polar surface area (TPSA) is 32.8 Å². The van der Waals surface area contributed by atoms with Gasteiger partial charge in [-0.05, 0) is 42.3 Å². The molecular formula is C17H14F4O2. The molecule has 1 heterocycles. The molecule has 1 aliphatic heterocycles. The van der Waals surface area contributed by atoms with Crippen molar-refractivity contribution in [3.05, 3.63) is 71.0 Å². The highest BCUT2D eigenvalue weighted by molar-refractivity contribution is 5.39. The fourth-order valence-electron chi connectivity index (χ4n) is 2.83. The second kappa shape index (κ2) is 5.32. The zero-order valence-electron chi connectivity index (χ0n) is 12.1. The average Bonchev–Trinajstić information content (AvgIpc) is 3.24. The second-order valence-corrected chi connectivity index (χ2v) is 5.60. The van der Waals surface area contributed by atoms with Gasteiger partial charge in [0.2, 0.25) is 0 Å². The van der Waals surface area contributed by atoms with E-state index in [2.05, 4.69) is 0 Å². The second-order valence-electron chi connectivity index (χ2n) is 5.60. The molecule has 0 aromatic heterocycles. The van der Waals surface area contributed by atoms with Crippen molar-refractivity contribution in [2.75, 3.05) is 0 Å². The van der Waals surface area contributed by atoms with Gasteiger partial charge >= 0.3 is 6.18 Å². The summed E-state index contributed by atoms with van der Waals surface area (Å²) in [7, 11) is 0. The standard InChI is InChI=1S/C17H14F4O2/c1-10(22)16(12-3-2-4-13(9-12)17(19,20)21)15(23-16)11-5-7-14(18)8-6-11/h2-10,15,22H,1H3. The Hall–Kier alpha value is -1.92. The van der Waals surface area contributed by atoms with Crippen LogP contribution < -0.4 is 0 Å². The van der Waals surface area contributed by atoms with E-state index in [0.717, 1.165) is 12.1 Å². The van der Waals surface area contributed by atoms with E-state index in [-0.39, 0.29) is 5.56 Å². The summed E-state index contributed by atoms with van der Waals surface area (Å²) in [6.45, 7) is 1.46. The number of epoxide rings is 1. The van der Waals surface area contributed by atoms with Gasteiger partial charge in [-0.15, -0.1) is 0 Å².